The minimum absolute atomic E-state index is 0.00280. The number of fused-ring (bicyclic) bond motifs is 1. The molecule has 1 aromatic rings. The smallest absolute Gasteiger partial charge is 0.231 e. The predicted molar refractivity (Wildman–Crippen MR) is 89.8 cm³/mol. The molecule has 0 atom stereocenters. The van der Waals surface area contributed by atoms with Crippen LogP contribution in [0.25, 0.3) is 0 Å². The SMILES string of the molecule is CCOC(CN(Cc1ccc2c(c1)OCO2)C(C)(C)C)OCC. The quantitative estimate of drug-likeness (QED) is 0.686. The van der Waals surface area contributed by atoms with Gasteiger partial charge in [-0.15, -0.1) is 0 Å². The molecule has 23 heavy (non-hydrogen) atoms. The molecule has 0 saturated carbocycles. The highest BCUT2D eigenvalue weighted by Gasteiger charge is 2.26. The van der Waals surface area contributed by atoms with Crippen molar-refractivity contribution in [3.63, 3.8) is 0 Å². The maximum Gasteiger partial charge on any atom is 0.231 e. The Kier molecular flexibility index (Phi) is 6.27. The van der Waals surface area contributed by atoms with Crippen molar-refractivity contribution >= 4 is 0 Å². The van der Waals surface area contributed by atoms with Crippen molar-refractivity contribution in [2.45, 2.75) is 53.0 Å². The summed E-state index contributed by atoms with van der Waals surface area (Å²) in [4.78, 5) is 2.36. The predicted octanol–water partition coefficient (Wildman–Crippen LogP) is 3.41. The van der Waals surface area contributed by atoms with Gasteiger partial charge in [0.1, 0.15) is 0 Å². The molecule has 0 amide bonds. The molecule has 130 valence electrons. The maximum atomic E-state index is 5.71. The third-order valence-corrected chi connectivity index (χ3v) is 3.83. The third kappa shape index (κ3) is 5.09. The molecule has 5 heteroatoms. The van der Waals surface area contributed by atoms with Crippen molar-refractivity contribution in [3.8, 4) is 11.5 Å². The van der Waals surface area contributed by atoms with Gasteiger partial charge in [0.15, 0.2) is 17.8 Å². The summed E-state index contributed by atoms with van der Waals surface area (Å²) in [5, 5.41) is 0. The first kappa shape index (κ1) is 18.0. The van der Waals surface area contributed by atoms with Gasteiger partial charge in [-0.3, -0.25) is 4.90 Å². The summed E-state index contributed by atoms with van der Waals surface area (Å²) in [6.07, 6.45) is -0.210. The van der Waals surface area contributed by atoms with Crippen molar-refractivity contribution in [1.29, 1.82) is 0 Å². The lowest BCUT2D eigenvalue weighted by molar-refractivity contribution is -0.155. The Labute approximate surface area is 139 Å². The number of ether oxygens (including phenoxy) is 4. The van der Waals surface area contributed by atoms with Crippen molar-refractivity contribution in [2.75, 3.05) is 26.6 Å². The molecule has 5 nitrogen and oxygen atoms in total. The Morgan fingerprint density at radius 2 is 1.74 bits per heavy atom. The summed E-state index contributed by atoms with van der Waals surface area (Å²) < 4.78 is 22.3. The highest BCUT2D eigenvalue weighted by atomic mass is 16.7. The third-order valence-electron chi connectivity index (χ3n) is 3.83. The lowest BCUT2D eigenvalue weighted by Gasteiger charge is -2.37. The van der Waals surface area contributed by atoms with Crippen LogP contribution in [0.5, 0.6) is 11.5 Å². The zero-order chi connectivity index (χ0) is 16.9. The second-order valence-corrected chi connectivity index (χ2v) is 6.58. The van der Waals surface area contributed by atoms with Crippen LogP contribution in [0.4, 0.5) is 0 Å². The van der Waals surface area contributed by atoms with E-state index in [-0.39, 0.29) is 11.8 Å². The molecule has 0 radical (unpaired) electrons. The molecule has 1 aliphatic rings. The first-order chi connectivity index (χ1) is 10.9. The van der Waals surface area contributed by atoms with Gasteiger partial charge in [0.25, 0.3) is 0 Å². The van der Waals surface area contributed by atoms with E-state index in [4.69, 9.17) is 18.9 Å². The Bertz CT molecular complexity index is 492. The van der Waals surface area contributed by atoms with E-state index in [1.54, 1.807) is 0 Å². The Morgan fingerprint density at radius 3 is 2.35 bits per heavy atom. The molecule has 0 fully saturated rings. The van der Waals surface area contributed by atoms with Crippen LogP contribution >= 0.6 is 0 Å². The van der Waals surface area contributed by atoms with Crippen LogP contribution in [0.1, 0.15) is 40.2 Å². The average molecular weight is 323 g/mol. The van der Waals surface area contributed by atoms with Crippen LogP contribution in [0.2, 0.25) is 0 Å². The zero-order valence-corrected chi connectivity index (χ0v) is 14.9. The topological polar surface area (TPSA) is 40.2 Å². The van der Waals surface area contributed by atoms with E-state index >= 15 is 0 Å². The van der Waals surface area contributed by atoms with Crippen LogP contribution in [-0.2, 0) is 16.0 Å². The standard InChI is InChI=1S/C18H29NO4/c1-6-20-17(21-7-2)12-19(18(3,4)5)11-14-8-9-15-16(10-14)23-13-22-15/h8-10,17H,6-7,11-13H2,1-5H3. The fourth-order valence-corrected chi connectivity index (χ4v) is 2.54. The van der Waals surface area contributed by atoms with Crippen molar-refractivity contribution < 1.29 is 18.9 Å². The Morgan fingerprint density at radius 1 is 1.09 bits per heavy atom. The highest BCUT2D eigenvalue weighted by Crippen LogP contribution is 2.33. The summed E-state index contributed by atoms with van der Waals surface area (Å²) in [6.45, 7) is 13.7. The molecule has 0 saturated heterocycles. The lowest BCUT2D eigenvalue weighted by Crippen LogP contribution is -2.46. The molecular weight excluding hydrogens is 294 g/mol. The van der Waals surface area contributed by atoms with Gasteiger partial charge >= 0.3 is 0 Å². The van der Waals surface area contributed by atoms with Crippen LogP contribution in [0, 0.1) is 0 Å². The molecule has 1 aromatic carbocycles. The van der Waals surface area contributed by atoms with Gasteiger partial charge in [-0.2, -0.15) is 0 Å². The van der Waals surface area contributed by atoms with E-state index in [0.717, 1.165) is 24.6 Å². The minimum atomic E-state index is -0.210. The highest BCUT2D eigenvalue weighted by molar-refractivity contribution is 5.44. The van der Waals surface area contributed by atoms with Gasteiger partial charge in [0.2, 0.25) is 6.79 Å². The fraction of sp³-hybridized carbons (Fsp3) is 0.667. The van der Waals surface area contributed by atoms with Crippen molar-refractivity contribution in [3.05, 3.63) is 23.8 Å². The van der Waals surface area contributed by atoms with Gasteiger partial charge < -0.3 is 18.9 Å². The van der Waals surface area contributed by atoms with E-state index in [0.29, 0.717) is 20.0 Å². The summed E-state index contributed by atoms with van der Waals surface area (Å²) >= 11 is 0. The lowest BCUT2D eigenvalue weighted by atomic mass is 10.0. The van der Waals surface area contributed by atoms with Gasteiger partial charge in [-0.1, -0.05) is 6.07 Å². The number of nitrogens with zero attached hydrogens (tertiary/aromatic N) is 1. The molecule has 0 unspecified atom stereocenters. The number of benzene rings is 1. The maximum absolute atomic E-state index is 5.71. The number of rotatable bonds is 8. The molecule has 0 spiro atoms. The zero-order valence-electron chi connectivity index (χ0n) is 14.9. The summed E-state index contributed by atoms with van der Waals surface area (Å²) in [7, 11) is 0. The van der Waals surface area contributed by atoms with E-state index < -0.39 is 0 Å². The Balaban J connectivity index is 2.09. The van der Waals surface area contributed by atoms with Gasteiger partial charge in [0.05, 0.1) is 6.54 Å². The first-order valence-electron chi connectivity index (χ1n) is 8.30. The molecule has 0 N–H and O–H groups in total. The monoisotopic (exact) mass is 323 g/mol. The average Bonchev–Trinajstić information content (AvgIpc) is 2.93. The van der Waals surface area contributed by atoms with Crippen LogP contribution < -0.4 is 9.47 Å². The van der Waals surface area contributed by atoms with E-state index in [1.807, 2.05) is 19.9 Å². The number of hydrogen-bond acceptors (Lipinski definition) is 5. The Hall–Kier alpha value is -1.30. The molecular formula is C18H29NO4. The van der Waals surface area contributed by atoms with Crippen LogP contribution in [0.3, 0.4) is 0 Å². The summed E-state index contributed by atoms with van der Waals surface area (Å²) in [6, 6.07) is 6.11. The van der Waals surface area contributed by atoms with Crippen LogP contribution in [0.15, 0.2) is 18.2 Å². The summed E-state index contributed by atoms with van der Waals surface area (Å²) in [5.74, 6) is 1.64. The van der Waals surface area contributed by atoms with Gasteiger partial charge in [0, 0.05) is 25.3 Å². The van der Waals surface area contributed by atoms with Crippen LogP contribution in [-0.4, -0.2) is 43.3 Å². The molecule has 0 aromatic heterocycles. The molecule has 0 bridgehead atoms. The van der Waals surface area contributed by atoms with E-state index in [2.05, 4.69) is 37.8 Å². The molecule has 0 aliphatic carbocycles. The molecule has 1 heterocycles. The van der Waals surface area contributed by atoms with E-state index in [9.17, 15) is 0 Å². The summed E-state index contributed by atoms with van der Waals surface area (Å²) in [5.41, 5.74) is 1.19. The second-order valence-electron chi connectivity index (χ2n) is 6.58. The van der Waals surface area contributed by atoms with E-state index in [1.165, 1.54) is 5.56 Å². The van der Waals surface area contributed by atoms with Gasteiger partial charge in [-0.25, -0.2) is 0 Å². The fourth-order valence-electron chi connectivity index (χ4n) is 2.54. The minimum Gasteiger partial charge on any atom is -0.454 e. The molecule has 2 rings (SSSR count). The largest absolute Gasteiger partial charge is 0.454 e. The van der Waals surface area contributed by atoms with Crippen molar-refractivity contribution in [2.24, 2.45) is 0 Å². The normalized spacial score (nSPS) is 14.0. The molecule has 1 aliphatic heterocycles. The first-order valence-corrected chi connectivity index (χ1v) is 8.30. The second kappa shape index (κ2) is 7.99. The van der Waals surface area contributed by atoms with Crippen molar-refractivity contribution in [1.82, 2.24) is 4.90 Å². The number of hydrogen-bond donors (Lipinski definition) is 0. The van der Waals surface area contributed by atoms with Gasteiger partial charge in [-0.05, 0) is 52.3 Å².